The van der Waals surface area contributed by atoms with E-state index in [2.05, 4.69) is 0 Å². The van der Waals surface area contributed by atoms with Gasteiger partial charge in [-0.1, -0.05) is 0 Å². The highest BCUT2D eigenvalue weighted by molar-refractivity contribution is 5.68. The Morgan fingerprint density at radius 3 is 1.00 bits per heavy atom. The highest BCUT2D eigenvalue weighted by atomic mass is 16.8. The minimum atomic E-state index is -2.20. The van der Waals surface area contributed by atoms with Crippen LogP contribution in [-0.2, 0) is 66.4 Å². The first kappa shape index (κ1) is 53.8. The summed E-state index contributed by atoms with van der Waals surface area (Å²) in [6.07, 6.45) is -46.4. The number of aliphatic hydroxyl groups is 14. The van der Waals surface area contributed by atoms with Gasteiger partial charge in [-0.15, -0.1) is 0 Å². The van der Waals surface area contributed by atoms with Gasteiger partial charge in [-0.2, -0.15) is 0 Å². The van der Waals surface area contributed by atoms with Crippen LogP contribution in [0.15, 0.2) is 0 Å². The summed E-state index contributed by atoms with van der Waals surface area (Å²) >= 11 is 0. The number of aliphatic hydroxyl groups excluding tert-OH is 14. The maximum atomic E-state index is 11.4. The van der Waals surface area contributed by atoms with Crippen molar-refractivity contribution in [1.82, 2.24) is 0 Å². The van der Waals surface area contributed by atoms with Crippen LogP contribution >= 0.6 is 0 Å². The first-order chi connectivity index (χ1) is 30.8. The summed E-state index contributed by atoms with van der Waals surface area (Å²) < 4.78 is 65.4. The van der Waals surface area contributed by atoms with Gasteiger partial charge in [0.15, 0.2) is 31.5 Å². The molecule has 5 heterocycles. The van der Waals surface area contributed by atoms with Gasteiger partial charge in [0.05, 0.1) is 33.0 Å². The van der Waals surface area contributed by atoms with Crippen molar-refractivity contribution in [3.05, 3.63) is 0 Å². The van der Waals surface area contributed by atoms with E-state index in [9.17, 15) is 81.1 Å². The van der Waals surface area contributed by atoms with Crippen LogP contribution in [-0.4, -0.2) is 301 Å². The van der Waals surface area contributed by atoms with Gasteiger partial charge in [-0.25, -0.2) is 9.59 Å². The first-order valence-corrected chi connectivity index (χ1v) is 20.1. The number of ether oxygens (including phenoxy) is 12. The lowest BCUT2D eigenvalue weighted by atomic mass is 9.95. The highest BCUT2D eigenvalue weighted by Gasteiger charge is 2.56. The van der Waals surface area contributed by atoms with E-state index >= 15 is 0 Å². The number of carbonyl (C=O) groups is 2. The molecule has 65 heavy (non-hydrogen) atoms. The zero-order valence-corrected chi connectivity index (χ0v) is 34.3. The van der Waals surface area contributed by atoms with Crippen LogP contribution < -0.4 is 0 Å². The van der Waals surface area contributed by atoms with Crippen LogP contribution in [0.2, 0.25) is 0 Å². The quantitative estimate of drug-likeness (QED) is 0.0539. The molecule has 0 aromatic carbocycles. The maximum absolute atomic E-state index is 11.4. The van der Waals surface area contributed by atoms with Crippen molar-refractivity contribution >= 4 is 11.9 Å². The predicted molar refractivity (Wildman–Crippen MR) is 194 cm³/mol. The van der Waals surface area contributed by atoms with Gasteiger partial charge in [0.25, 0.3) is 0 Å². The van der Waals surface area contributed by atoms with E-state index in [1.165, 1.54) is 0 Å². The molecule has 5 fully saturated rings. The Kier molecular flexibility index (Phi) is 19.8. The second-order valence-corrected chi connectivity index (χ2v) is 15.6. The molecule has 5 aliphatic heterocycles. The minimum absolute atomic E-state index is 0.615. The Labute approximate surface area is 367 Å². The molecule has 0 bridgehead atoms. The molecule has 5 aliphatic rings. The van der Waals surface area contributed by atoms with Crippen molar-refractivity contribution in [1.29, 1.82) is 0 Å². The smallest absolute Gasteiger partial charge is 0.329 e. The molecule has 16 N–H and O–H groups in total. The fourth-order valence-electron chi connectivity index (χ4n) is 7.71. The molecular weight excluding hydrogens is 900 g/mol. The van der Waals surface area contributed by atoms with Gasteiger partial charge in [0.2, 0.25) is 0 Å². The number of carboxylic acids is 2. The van der Waals surface area contributed by atoms with E-state index < -0.39 is 212 Å². The number of rotatable bonds is 20. The van der Waals surface area contributed by atoms with Crippen molar-refractivity contribution in [3.8, 4) is 0 Å². The lowest BCUT2D eigenvalue weighted by molar-refractivity contribution is -0.393. The van der Waals surface area contributed by atoms with Crippen LogP contribution in [0.4, 0.5) is 0 Å². The normalized spacial score (nSPS) is 47.3. The Bertz CT molecular complexity index is 1480. The Morgan fingerprint density at radius 2 is 0.662 bits per heavy atom. The summed E-state index contributed by atoms with van der Waals surface area (Å²) in [6, 6.07) is 0. The highest BCUT2D eigenvalue weighted by Crippen LogP contribution is 2.36. The number of carboxylic acid groups (broad SMARTS) is 2. The summed E-state index contributed by atoms with van der Waals surface area (Å²) in [6.45, 7) is -5.94. The third-order valence-electron chi connectivity index (χ3n) is 11.2. The van der Waals surface area contributed by atoms with Gasteiger partial charge in [-0.05, 0) is 0 Å². The van der Waals surface area contributed by atoms with E-state index in [0.29, 0.717) is 0 Å². The third kappa shape index (κ3) is 12.4. The van der Waals surface area contributed by atoms with Crippen LogP contribution in [0.25, 0.3) is 0 Å². The molecule has 5 rings (SSSR count). The van der Waals surface area contributed by atoms with E-state index in [4.69, 9.17) is 67.1 Å². The molecule has 0 amide bonds. The Hall–Kier alpha value is -2.10. The fourth-order valence-corrected chi connectivity index (χ4v) is 7.71. The van der Waals surface area contributed by atoms with Crippen molar-refractivity contribution in [3.63, 3.8) is 0 Å². The Morgan fingerprint density at radius 1 is 0.385 bits per heavy atom. The lowest BCUT2D eigenvalue weighted by Crippen LogP contribution is -2.68. The van der Waals surface area contributed by atoms with Crippen LogP contribution in [0.3, 0.4) is 0 Å². The van der Waals surface area contributed by atoms with E-state index in [-0.39, 0.29) is 0 Å². The number of hydrogen-bond acceptors (Lipinski definition) is 28. The molecule has 0 aliphatic carbocycles. The second kappa shape index (κ2) is 24.0. The number of methoxy groups -OCH3 is 1. The largest absolute Gasteiger partial charge is 0.480 e. The van der Waals surface area contributed by atoms with Gasteiger partial charge in [0.1, 0.15) is 135 Å². The lowest BCUT2D eigenvalue weighted by Gasteiger charge is -2.49. The summed E-state index contributed by atoms with van der Waals surface area (Å²) in [5, 5.41) is 168. The number of aliphatic carboxylic acids is 2. The van der Waals surface area contributed by atoms with Crippen LogP contribution in [0.1, 0.15) is 0 Å². The molecule has 0 saturated carbocycles. The van der Waals surface area contributed by atoms with Gasteiger partial charge in [-0.3, -0.25) is 0 Å². The van der Waals surface area contributed by atoms with E-state index in [1.54, 1.807) is 0 Å². The average molecular weight is 959 g/mol. The molecule has 15 unspecified atom stereocenters. The standard InChI is InChI=1S/C35H58O30/c1-54-31-23(50)18(45)27(9(2-36)57-31)63-33-24(51)19(46)29(11(4-38)58-33)64-35-26(53)21(48)30(13(61-35)6-56-8-15(41)42)65-34-25(52)20(47)28(10(3-37)59-34)62-32-22(49)17(44)16(43)12(60-32)5-55-7-14(39)40/h9-13,16-38,43-53H,2-8H2,1H3,(H,39,40)(H,41,42)/t9?,10?,11?,12?,13?,16-,17?,18?,19?,20?,21?,22?,23?,24?,25?,26?,27-,28-,29-,30-,31-,32+,33+,34+,35+/m1/s1. The zero-order valence-electron chi connectivity index (χ0n) is 34.3. The minimum Gasteiger partial charge on any atom is -0.480 e. The fraction of sp³-hybridized carbons (Fsp3) is 0.943. The molecule has 0 radical (unpaired) electrons. The average Bonchev–Trinajstić information content (AvgIpc) is 3.27. The monoisotopic (exact) mass is 958 g/mol. The maximum Gasteiger partial charge on any atom is 0.329 e. The van der Waals surface area contributed by atoms with Crippen LogP contribution in [0.5, 0.6) is 0 Å². The van der Waals surface area contributed by atoms with Crippen molar-refractivity contribution in [2.75, 3.05) is 53.4 Å². The topological polar surface area (TPSA) is 469 Å². The second-order valence-electron chi connectivity index (χ2n) is 15.6. The number of hydrogen-bond donors (Lipinski definition) is 16. The Balaban J connectivity index is 1.27. The molecule has 0 aromatic rings. The van der Waals surface area contributed by atoms with Gasteiger partial charge in [0, 0.05) is 7.11 Å². The molecule has 0 aromatic heterocycles. The first-order valence-electron chi connectivity index (χ1n) is 20.1. The molecule has 30 nitrogen and oxygen atoms in total. The molecule has 30 heteroatoms. The molecular formula is C35H58O30. The molecule has 378 valence electrons. The SMILES string of the molecule is CO[C@@H]1OC(CO)[C@@H](O[C@@H]2OC(CO)[C@@H](O[C@@H]3OC(COCC(=O)O)[C@@H](O[C@@H]4OC(CO)[C@@H](O[C@@H]5OC(COCC(=O)O)[C@@H](O)C(O)C5O)C(O)C4O)C(O)C3O)C(O)C2O)C(O)C1O. The van der Waals surface area contributed by atoms with Crippen LogP contribution in [0, 0.1) is 0 Å². The van der Waals surface area contributed by atoms with E-state index in [1.807, 2.05) is 0 Å². The molecule has 25 atom stereocenters. The summed E-state index contributed by atoms with van der Waals surface area (Å²) in [5.74, 6) is -2.84. The summed E-state index contributed by atoms with van der Waals surface area (Å²) in [4.78, 5) is 22.1. The van der Waals surface area contributed by atoms with Gasteiger partial charge < -0.3 is 139 Å². The van der Waals surface area contributed by atoms with Crippen molar-refractivity contribution in [2.24, 2.45) is 0 Å². The van der Waals surface area contributed by atoms with Crippen molar-refractivity contribution < 1.29 is 148 Å². The zero-order chi connectivity index (χ0) is 48.0. The molecule has 5 saturated heterocycles. The molecule has 0 spiro atoms. The predicted octanol–water partition coefficient (Wildman–Crippen LogP) is -11.1. The van der Waals surface area contributed by atoms with Gasteiger partial charge >= 0.3 is 11.9 Å². The van der Waals surface area contributed by atoms with E-state index in [0.717, 1.165) is 7.11 Å². The summed E-state index contributed by atoms with van der Waals surface area (Å²) in [5.41, 5.74) is 0. The van der Waals surface area contributed by atoms with Crippen molar-refractivity contribution in [2.45, 2.75) is 154 Å². The summed E-state index contributed by atoms with van der Waals surface area (Å²) in [7, 11) is 1.16. The third-order valence-corrected chi connectivity index (χ3v) is 11.2.